The molecule has 2 atom stereocenters. The Balaban J connectivity index is 1.97. The molecule has 1 saturated heterocycles. The molecule has 0 aliphatic carbocycles. The van der Waals surface area contributed by atoms with Crippen molar-refractivity contribution in [1.82, 2.24) is 9.80 Å². The van der Waals surface area contributed by atoms with E-state index in [0.717, 1.165) is 27.3 Å². The van der Waals surface area contributed by atoms with Gasteiger partial charge in [-0.2, -0.15) is 0 Å². The van der Waals surface area contributed by atoms with Crippen LogP contribution in [0.1, 0.15) is 94.1 Å². The van der Waals surface area contributed by atoms with Crippen LogP contribution in [0.4, 0.5) is 9.59 Å². The van der Waals surface area contributed by atoms with Gasteiger partial charge in [-0.05, 0) is 106 Å². The molecule has 2 amide bonds. The molecule has 1 fully saturated rings. The fourth-order valence-electron chi connectivity index (χ4n) is 6.11. The minimum absolute atomic E-state index is 0.0246. The second-order valence-electron chi connectivity index (χ2n) is 16.0. The van der Waals surface area contributed by atoms with Gasteiger partial charge in [-0.15, -0.1) is 0 Å². The second kappa shape index (κ2) is 17.0. The Morgan fingerprint density at radius 2 is 1.35 bits per heavy atom. The summed E-state index contributed by atoms with van der Waals surface area (Å²) in [5.41, 5.74) is 0.463. The average Bonchev–Trinajstić information content (AvgIpc) is 3.00. The number of unbranched alkanes of at least 4 members (excludes halogenated alkanes) is 1. The number of methoxy groups -OCH3 is 1. The van der Waals surface area contributed by atoms with E-state index in [1.165, 1.54) is 0 Å². The zero-order valence-electron chi connectivity index (χ0n) is 32.5. The molecule has 51 heavy (non-hydrogen) atoms. The molecule has 0 radical (unpaired) electrons. The first-order valence-electron chi connectivity index (χ1n) is 17.8. The summed E-state index contributed by atoms with van der Waals surface area (Å²) in [6, 6.07) is 15.9. The van der Waals surface area contributed by atoms with Crippen molar-refractivity contribution in [1.29, 1.82) is 0 Å². The Morgan fingerprint density at radius 3 is 1.90 bits per heavy atom. The van der Waals surface area contributed by atoms with E-state index in [1.54, 1.807) is 76.3 Å². The Hall–Kier alpha value is -3.40. The van der Waals surface area contributed by atoms with Gasteiger partial charge in [-0.3, -0.25) is 14.3 Å². The van der Waals surface area contributed by atoms with Crippen molar-refractivity contribution in [3.63, 3.8) is 0 Å². The van der Waals surface area contributed by atoms with Crippen LogP contribution in [0.25, 0.3) is 11.1 Å². The Labute approximate surface area is 304 Å². The molecule has 284 valence electrons. The molecular formula is C39H59N2O9P. The fraction of sp³-hybridized carbons (Fsp3) is 0.615. The number of esters is 1. The predicted octanol–water partition coefficient (Wildman–Crippen LogP) is 8.92. The lowest BCUT2D eigenvalue weighted by Crippen LogP contribution is -2.56. The molecule has 1 heterocycles. The number of benzene rings is 2. The summed E-state index contributed by atoms with van der Waals surface area (Å²) >= 11 is 0. The fourth-order valence-corrected chi connectivity index (χ4v) is 9.12. The number of carbonyl (C=O) groups excluding carboxylic acids is 3. The molecule has 1 aliphatic rings. The van der Waals surface area contributed by atoms with Gasteiger partial charge in [0.1, 0.15) is 22.6 Å². The number of rotatable bonds is 12. The lowest BCUT2D eigenvalue weighted by molar-refractivity contribution is -0.160. The van der Waals surface area contributed by atoms with Crippen molar-refractivity contribution >= 4 is 25.5 Å². The number of para-hydroxylation sites is 1. The number of hydrogen-bond donors (Lipinski definition) is 0. The Kier molecular flexibility index (Phi) is 14.0. The first-order chi connectivity index (χ1) is 23.6. The van der Waals surface area contributed by atoms with E-state index in [4.69, 9.17) is 23.5 Å². The maximum atomic E-state index is 14.9. The number of hydrogen-bond acceptors (Lipinski definition) is 10. The van der Waals surface area contributed by atoms with Crippen molar-refractivity contribution in [2.45, 2.75) is 117 Å². The lowest BCUT2D eigenvalue weighted by atomic mass is 9.96. The maximum Gasteiger partial charge on any atom is 0.419 e. The SMILES string of the molecule is CCOP1(=O)CCN(Cc2ccccc2-c2ccccc2OC)CC1(CCCCN(C(=O)OC(C)(C)C)C(=O)OC(C)(C)C)C(=O)OC(C)(C)C. The van der Waals surface area contributed by atoms with E-state index in [1.807, 2.05) is 42.5 Å². The number of carbonyl (C=O) groups is 3. The van der Waals surface area contributed by atoms with Gasteiger partial charge in [0.2, 0.25) is 7.37 Å². The summed E-state index contributed by atoms with van der Waals surface area (Å²) in [5, 5.41) is -1.49. The largest absolute Gasteiger partial charge is 0.496 e. The van der Waals surface area contributed by atoms with E-state index < -0.39 is 47.5 Å². The number of ether oxygens (including phenoxy) is 4. The summed E-state index contributed by atoms with van der Waals surface area (Å²) in [6.07, 6.45) is -0.693. The smallest absolute Gasteiger partial charge is 0.419 e. The third-order valence-electron chi connectivity index (χ3n) is 8.22. The number of amides is 2. The van der Waals surface area contributed by atoms with Crippen LogP contribution in [0.3, 0.4) is 0 Å². The molecule has 11 nitrogen and oxygen atoms in total. The first kappa shape index (κ1) is 42.0. The molecule has 1 aliphatic heterocycles. The first-order valence-corrected chi connectivity index (χ1v) is 19.6. The van der Waals surface area contributed by atoms with Crippen LogP contribution in [-0.4, -0.2) is 89.4 Å². The molecule has 2 unspecified atom stereocenters. The van der Waals surface area contributed by atoms with Gasteiger partial charge in [0, 0.05) is 37.9 Å². The highest BCUT2D eigenvalue weighted by Gasteiger charge is 2.59. The molecule has 2 aromatic carbocycles. The molecule has 12 heteroatoms. The van der Waals surface area contributed by atoms with Crippen molar-refractivity contribution < 1.29 is 42.4 Å². The van der Waals surface area contributed by atoms with E-state index >= 15 is 0 Å². The predicted molar refractivity (Wildman–Crippen MR) is 199 cm³/mol. The molecule has 0 spiro atoms. The standard InChI is InChI=1S/C39H59N2O9P/c1-12-47-51(45)26-25-40(27-29-19-13-14-20-30(29)31-21-15-16-22-32(31)46-11)28-39(51,33(42)48-36(2,3)4)23-17-18-24-41(34(43)49-37(5,6)7)35(44)50-38(8,9)10/h13-16,19-22H,12,17-18,23-28H2,1-11H3. The molecular weight excluding hydrogens is 671 g/mol. The Morgan fingerprint density at radius 1 is 0.804 bits per heavy atom. The van der Waals surface area contributed by atoms with Crippen molar-refractivity contribution in [3.8, 4) is 16.9 Å². The van der Waals surface area contributed by atoms with E-state index in [2.05, 4.69) is 11.0 Å². The molecule has 0 bridgehead atoms. The van der Waals surface area contributed by atoms with Gasteiger partial charge in [0.25, 0.3) is 0 Å². The van der Waals surface area contributed by atoms with Gasteiger partial charge in [-0.25, -0.2) is 14.5 Å². The minimum atomic E-state index is -3.61. The zero-order chi connectivity index (χ0) is 38.3. The summed E-state index contributed by atoms with van der Waals surface area (Å²) in [7, 11) is -1.97. The molecule has 3 rings (SSSR count). The summed E-state index contributed by atoms with van der Waals surface area (Å²) in [5.74, 6) is 0.171. The van der Waals surface area contributed by atoms with Crippen molar-refractivity contribution in [2.75, 3.05) is 39.5 Å². The lowest BCUT2D eigenvalue weighted by Gasteiger charge is -2.46. The third kappa shape index (κ3) is 11.5. The van der Waals surface area contributed by atoms with Gasteiger partial charge in [0.05, 0.1) is 13.7 Å². The summed E-state index contributed by atoms with van der Waals surface area (Å²) in [4.78, 5) is 43.7. The van der Waals surface area contributed by atoms with Crippen molar-refractivity contribution in [2.24, 2.45) is 0 Å². The Bertz CT molecular complexity index is 1530. The highest BCUT2D eigenvalue weighted by Crippen LogP contribution is 2.64. The van der Waals surface area contributed by atoms with Crippen LogP contribution in [0.15, 0.2) is 48.5 Å². The maximum absolute atomic E-state index is 14.9. The number of imide groups is 1. The summed E-state index contributed by atoms with van der Waals surface area (Å²) in [6.45, 7) is 18.7. The monoisotopic (exact) mass is 730 g/mol. The van der Waals surface area contributed by atoms with Crippen LogP contribution in [0, 0.1) is 0 Å². The van der Waals surface area contributed by atoms with Gasteiger partial charge < -0.3 is 23.5 Å². The molecule has 2 aromatic rings. The zero-order valence-corrected chi connectivity index (χ0v) is 33.4. The summed E-state index contributed by atoms with van der Waals surface area (Å²) < 4.78 is 43.7. The van der Waals surface area contributed by atoms with Crippen LogP contribution in [0.5, 0.6) is 5.75 Å². The van der Waals surface area contributed by atoms with Gasteiger partial charge >= 0.3 is 18.2 Å². The van der Waals surface area contributed by atoms with Crippen LogP contribution < -0.4 is 4.74 Å². The van der Waals surface area contributed by atoms with Crippen LogP contribution >= 0.6 is 7.37 Å². The van der Waals surface area contributed by atoms with E-state index in [0.29, 0.717) is 25.9 Å². The third-order valence-corrected chi connectivity index (χ3v) is 11.5. The molecule has 0 N–H and O–H groups in total. The topological polar surface area (TPSA) is 121 Å². The van der Waals surface area contributed by atoms with E-state index in [9.17, 15) is 18.9 Å². The molecule has 0 saturated carbocycles. The normalized spacial score (nSPS) is 20.0. The quantitative estimate of drug-likeness (QED) is 0.0906. The average molecular weight is 731 g/mol. The highest BCUT2D eigenvalue weighted by molar-refractivity contribution is 7.62. The minimum Gasteiger partial charge on any atom is -0.496 e. The van der Waals surface area contributed by atoms with Crippen LogP contribution in [0.2, 0.25) is 0 Å². The van der Waals surface area contributed by atoms with Gasteiger partial charge in [0.15, 0.2) is 5.16 Å². The molecule has 0 aromatic heterocycles. The highest BCUT2D eigenvalue weighted by atomic mass is 31.2. The second-order valence-corrected chi connectivity index (χ2v) is 18.9. The van der Waals surface area contributed by atoms with Crippen LogP contribution in [-0.2, 0) is 34.6 Å². The number of nitrogens with zero attached hydrogens (tertiary/aromatic N) is 2. The van der Waals surface area contributed by atoms with E-state index in [-0.39, 0.29) is 32.3 Å². The van der Waals surface area contributed by atoms with Gasteiger partial charge in [-0.1, -0.05) is 42.5 Å². The van der Waals surface area contributed by atoms with Crippen molar-refractivity contribution in [3.05, 3.63) is 54.1 Å².